The molecule has 0 aromatic heterocycles. The van der Waals surface area contributed by atoms with E-state index in [4.69, 9.17) is 4.74 Å². The Morgan fingerprint density at radius 1 is 1.16 bits per heavy atom. The van der Waals surface area contributed by atoms with Gasteiger partial charge in [-0.3, -0.25) is 4.99 Å². The number of benzene rings is 2. The van der Waals surface area contributed by atoms with Gasteiger partial charge in [-0.25, -0.2) is 4.39 Å². The van der Waals surface area contributed by atoms with E-state index in [0.29, 0.717) is 5.56 Å². The third-order valence-corrected chi connectivity index (χ3v) is 3.21. The second-order valence-corrected chi connectivity index (χ2v) is 4.53. The second-order valence-electron chi connectivity index (χ2n) is 4.53. The minimum absolute atomic E-state index is 0.234. The predicted molar refractivity (Wildman–Crippen MR) is 73.3 cm³/mol. The van der Waals surface area contributed by atoms with E-state index < -0.39 is 0 Å². The number of aliphatic imine (C=N–C) groups is 1. The molecule has 0 fully saturated rings. The molecule has 3 heteroatoms. The van der Waals surface area contributed by atoms with Crippen LogP contribution >= 0.6 is 0 Å². The van der Waals surface area contributed by atoms with Crippen LogP contribution in [0.15, 0.2) is 47.5 Å². The van der Waals surface area contributed by atoms with Crippen molar-refractivity contribution in [1.82, 2.24) is 0 Å². The fraction of sp³-hybridized carbons (Fsp3) is 0.188. The van der Waals surface area contributed by atoms with Gasteiger partial charge in [0.05, 0.1) is 0 Å². The lowest BCUT2D eigenvalue weighted by Gasteiger charge is -2.12. The number of hydrogen-bond donors (Lipinski definition) is 0. The molecule has 0 unspecified atom stereocenters. The minimum Gasteiger partial charge on any atom is -0.489 e. The topological polar surface area (TPSA) is 21.6 Å². The Morgan fingerprint density at radius 3 is 2.95 bits per heavy atom. The highest BCUT2D eigenvalue weighted by molar-refractivity contribution is 5.83. The smallest absolute Gasteiger partial charge is 0.129 e. The van der Waals surface area contributed by atoms with E-state index in [1.807, 2.05) is 18.3 Å². The maximum atomic E-state index is 13.5. The first kappa shape index (κ1) is 11.9. The van der Waals surface area contributed by atoms with Gasteiger partial charge in [-0.15, -0.1) is 0 Å². The van der Waals surface area contributed by atoms with Crippen molar-refractivity contribution in [2.75, 3.05) is 6.54 Å². The Morgan fingerprint density at radius 2 is 2.05 bits per heavy atom. The summed E-state index contributed by atoms with van der Waals surface area (Å²) in [5.74, 6) is 0.511. The molecule has 0 atom stereocenters. The molecule has 2 nitrogen and oxygen atoms in total. The second kappa shape index (κ2) is 5.22. The quantitative estimate of drug-likeness (QED) is 0.824. The van der Waals surface area contributed by atoms with Crippen molar-refractivity contribution in [3.8, 4) is 5.75 Å². The molecule has 0 N–H and O–H groups in total. The average molecular weight is 255 g/mol. The zero-order valence-electron chi connectivity index (χ0n) is 10.5. The largest absolute Gasteiger partial charge is 0.489 e. The van der Waals surface area contributed by atoms with E-state index in [1.165, 1.54) is 11.6 Å². The minimum atomic E-state index is -0.234. The third-order valence-electron chi connectivity index (χ3n) is 3.21. The summed E-state index contributed by atoms with van der Waals surface area (Å²) in [6.07, 6.45) is 2.84. The summed E-state index contributed by atoms with van der Waals surface area (Å²) in [5.41, 5.74) is 2.94. The summed E-state index contributed by atoms with van der Waals surface area (Å²) in [6, 6.07) is 12.6. The van der Waals surface area contributed by atoms with Gasteiger partial charge in [-0.05, 0) is 35.7 Å². The lowest BCUT2D eigenvalue weighted by molar-refractivity contribution is 0.299. The van der Waals surface area contributed by atoms with Gasteiger partial charge >= 0.3 is 0 Å². The molecule has 2 aromatic rings. The molecule has 19 heavy (non-hydrogen) atoms. The van der Waals surface area contributed by atoms with Crippen molar-refractivity contribution in [2.45, 2.75) is 13.0 Å². The van der Waals surface area contributed by atoms with Crippen molar-refractivity contribution >= 4 is 6.21 Å². The van der Waals surface area contributed by atoms with Crippen LogP contribution in [0.2, 0.25) is 0 Å². The molecule has 0 bridgehead atoms. The van der Waals surface area contributed by atoms with Crippen LogP contribution in [0.25, 0.3) is 0 Å². The van der Waals surface area contributed by atoms with Crippen LogP contribution in [0, 0.1) is 5.82 Å². The van der Waals surface area contributed by atoms with Gasteiger partial charge in [0.25, 0.3) is 0 Å². The number of ether oxygens (including phenoxy) is 1. The zero-order chi connectivity index (χ0) is 13.1. The lowest BCUT2D eigenvalue weighted by atomic mass is 10.0. The number of rotatable bonds is 3. The highest BCUT2D eigenvalue weighted by Crippen LogP contribution is 2.20. The molecule has 0 spiro atoms. The molecule has 0 saturated heterocycles. The Bertz CT molecular complexity index is 622. The average Bonchev–Trinajstić information content (AvgIpc) is 2.46. The van der Waals surface area contributed by atoms with Crippen molar-refractivity contribution in [3.05, 3.63) is 65.0 Å². The zero-order valence-corrected chi connectivity index (χ0v) is 10.5. The van der Waals surface area contributed by atoms with E-state index in [0.717, 1.165) is 24.3 Å². The van der Waals surface area contributed by atoms with E-state index in [9.17, 15) is 4.39 Å². The number of hydrogen-bond acceptors (Lipinski definition) is 2. The van der Waals surface area contributed by atoms with Gasteiger partial charge in [0.1, 0.15) is 18.2 Å². The van der Waals surface area contributed by atoms with Gasteiger partial charge in [-0.1, -0.05) is 24.3 Å². The maximum Gasteiger partial charge on any atom is 0.129 e. The molecule has 0 amide bonds. The van der Waals surface area contributed by atoms with Crippen molar-refractivity contribution in [3.63, 3.8) is 0 Å². The number of halogens is 1. The summed E-state index contributed by atoms with van der Waals surface area (Å²) in [6.45, 7) is 1.09. The van der Waals surface area contributed by atoms with Crippen LogP contribution in [0.1, 0.15) is 16.7 Å². The molecular formula is C16H14FNO. The molecule has 96 valence electrons. The number of fused-ring (bicyclic) bond motifs is 1. The maximum absolute atomic E-state index is 13.5. The number of nitrogens with zero attached hydrogens (tertiary/aromatic N) is 1. The van der Waals surface area contributed by atoms with Crippen LogP contribution in [0.5, 0.6) is 5.75 Å². The monoisotopic (exact) mass is 255 g/mol. The summed E-state index contributed by atoms with van der Waals surface area (Å²) >= 11 is 0. The van der Waals surface area contributed by atoms with Crippen molar-refractivity contribution < 1.29 is 9.13 Å². The fourth-order valence-electron chi connectivity index (χ4n) is 2.14. The van der Waals surface area contributed by atoms with E-state index in [-0.39, 0.29) is 12.4 Å². The molecule has 1 aliphatic heterocycles. The van der Waals surface area contributed by atoms with Crippen LogP contribution in [-0.4, -0.2) is 12.8 Å². The Kier molecular flexibility index (Phi) is 3.27. The molecule has 0 saturated carbocycles. The fourth-order valence-corrected chi connectivity index (χ4v) is 2.14. The predicted octanol–water partition coefficient (Wildman–Crippen LogP) is 3.38. The molecule has 0 aliphatic carbocycles. The first-order valence-corrected chi connectivity index (χ1v) is 6.32. The summed E-state index contributed by atoms with van der Waals surface area (Å²) < 4.78 is 19.1. The van der Waals surface area contributed by atoms with Gasteiger partial charge in [-0.2, -0.15) is 0 Å². The first-order chi connectivity index (χ1) is 9.33. The van der Waals surface area contributed by atoms with Crippen molar-refractivity contribution in [1.29, 1.82) is 0 Å². The molecule has 2 aromatic carbocycles. The van der Waals surface area contributed by atoms with E-state index in [2.05, 4.69) is 11.1 Å². The van der Waals surface area contributed by atoms with Gasteiger partial charge in [0.15, 0.2) is 0 Å². The molecule has 1 aliphatic rings. The Labute approximate surface area is 111 Å². The Balaban J connectivity index is 1.74. The van der Waals surface area contributed by atoms with Crippen LogP contribution in [-0.2, 0) is 13.0 Å². The van der Waals surface area contributed by atoms with Crippen LogP contribution in [0.4, 0.5) is 4.39 Å². The summed E-state index contributed by atoms with van der Waals surface area (Å²) in [5, 5.41) is 0. The normalized spacial score (nSPS) is 13.1. The molecule has 3 rings (SSSR count). The van der Waals surface area contributed by atoms with E-state index >= 15 is 0 Å². The van der Waals surface area contributed by atoms with Crippen LogP contribution < -0.4 is 4.74 Å². The highest BCUT2D eigenvalue weighted by Gasteiger charge is 2.07. The van der Waals surface area contributed by atoms with E-state index in [1.54, 1.807) is 18.2 Å². The highest BCUT2D eigenvalue weighted by atomic mass is 19.1. The molecule has 1 heterocycles. The SMILES string of the molecule is Fc1ccccc1COc1ccc2c(c1)C=NCC2. The third kappa shape index (κ3) is 2.65. The first-order valence-electron chi connectivity index (χ1n) is 6.32. The van der Waals surface area contributed by atoms with Gasteiger partial charge in [0.2, 0.25) is 0 Å². The van der Waals surface area contributed by atoms with Crippen LogP contribution in [0.3, 0.4) is 0 Å². The summed E-state index contributed by atoms with van der Waals surface area (Å²) in [4.78, 5) is 4.25. The lowest BCUT2D eigenvalue weighted by Crippen LogP contribution is -2.04. The van der Waals surface area contributed by atoms with Crippen molar-refractivity contribution in [2.24, 2.45) is 4.99 Å². The summed E-state index contributed by atoms with van der Waals surface area (Å²) in [7, 11) is 0. The Hall–Kier alpha value is -2.16. The molecule has 0 radical (unpaired) electrons. The standard InChI is InChI=1S/C16H14FNO/c17-16-4-2-1-3-13(16)11-19-15-6-5-12-7-8-18-10-14(12)9-15/h1-6,9-10H,7-8,11H2. The van der Waals surface area contributed by atoms with Gasteiger partial charge in [0, 0.05) is 18.3 Å². The molecular weight excluding hydrogens is 241 g/mol. The van der Waals surface area contributed by atoms with Gasteiger partial charge < -0.3 is 4.74 Å².